The number of halogens is 6. The number of nitrogens with zero attached hydrogens (tertiary/aromatic N) is 8. The van der Waals surface area contributed by atoms with E-state index in [0.717, 1.165) is 24.3 Å². The van der Waals surface area contributed by atoms with Gasteiger partial charge in [-0.05, 0) is 106 Å². The summed E-state index contributed by atoms with van der Waals surface area (Å²) in [5, 5.41) is 2.76. The van der Waals surface area contributed by atoms with Crippen LogP contribution in [0.2, 0.25) is 0 Å². The molecule has 0 radical (unpaired) electrons. The minimum absolute atomic E-state index is 0.0265. The van der Waals surface area contributed by atoms with Crippen LogP contribution in [0.1, 0.15) is 34.4 Å². The first-order chi connectivity index (χ1) is 29.6. The fraction of sp³-hybridized carbons (Fsp3) is 0.125. The van der Waals surface area contributed by atoms with Crippen molar-refractivity contribution < 1.29 is 26.3 Å². The van der Waals surface area contributed by atoms with Gasteiger partial charge in [0.15, 0.2) is 11.6 Å². The molecule has 0 spiro atoms. The molecule has 62 heavy (non-hydrogen) atoms. The Morgan fingerprint density at radius 3 is 1.23 bits per heavy atom. The van der Waals surface area contributed by atoms with Crippen LogP contribution >= 0.6 is 0 Å². The van der Waals surface area contributed by atoms with Crippen LogP contribution in [-0.4, -0.2) is 39.0 Å². The fourth-order valence-electron chi connectivity index (χ4n) is 8.51. The Bertz CT molecular complexity index is 3220. The fourth-order valence-corrected chi connectivity index (χ4v) is 8.51. The molecule has 0 N–H and O–H groups in total. The van der Waals surface area contributed by atoms with E-state index in [-0.39, 0.29) is 22.5 Å². The van der Waals surface area contributed by atoms with E-state index in [2.05, 4.69) is 29.9 Å². The van der Waals surface area contributed by atoms with Gasteiger partial charge in [-0.15, -0.1) is 0 Å². The molecular formula is C48H32F6N8. The Morgan fingerprint density at radius 2 is 0.790 bits per heavy atom. The van der Waals surface area contributed by atoms with Gasteiger partial charge in [-0.1, -0.05) is 48.5 Å². The summed E-state index contributed by atoms with van der Waals surface area (Å²) in [6.07, 6.45) is -9.61. The molecule has 14 heteroatoms. The summed E-state index contributed by atoms with van der Waals surface area (Å²) in [6, 6.07) is 32.1. The summed E-state index contributed by atoms with van der Waals surface area (Å²) in [6.45, 7) is 7.04. The Balaban J connectivity index is 1.35. The minimum atomic E-state index is -4.86. The number of hydrogen-bond donors (Lipinski definition) is 0. The van der Waals surface area contributed by atoms with Gasteiger partial charge in [0.2, 0.25) is 0 Å². The Hall–Kier alpha value is -7.48. The van der Waals surface area contributed by atoms with E-state index >= 15 is 13.2 Å². The van der Waals surface area contributed by atoms with Crippen molar-refractivity contribution in [2.45, 2.75) is 40.0 Å². The van der Waals surface area contributed by atoms with Gasteiger partial charge in [0.05, 0.1) is 44.6 Å². The molecule has 0 aliphatic heterocycles. The van der Waals surface area contributed by atoms with Crippen LogP contribution in [0.5, 0.6) is 0 Å². The average molecular weight is 835 g/mol. The molecule has 0 unspecified atom stereocenters. The van der Waals surface area contributed by atoms with Crippen molar-refractivity contribution in [3.63, 3.8) is 0 Å². The summed E-state index contributed by atoms with van der Waals surface area (Å²) in [5.74, 6) is 2.94. The van der Waals surface area contributed by atoms with Crippen LogP contribution in [0.3, 0.4) is 0 Å². The lowest BCUT2D eigenvalue weighted by Gasteiger charge is -2.23. The quantitative estimate of drug-likeness (QED) is 0.161. The van der Waals surface area contributed by atoms with Crippen LogP contribution in [0.15, 0.2) is 121 Å². The van der Waals surface area contributed by atoms with Gasteiger partial charge in [-0.2, -0.15) is 26.3 Å². The third-order valence-corrected chi connectivity index (χ3v) is 11.0. The van der Waals surface area contributed by atoms with Gasteiger partial charge in [0.25, 0.3) is 0 Å². The summed E-state index contributed by atoms with van der Waals surface area (Å²) >= 11 is 0. The van der Waals surface area contributed by atoms with Crippen LogP contribution < -0.4 is 0 Å². The van der Waals surface area contributed by atoms with E-state index < -0.39 is 23.5 Å². The normalized spacial score (nSPS) is 12.4. The number of fused-ring (bicyclic) bond motifs is 6. The van der Waals surface area contributed by atoms with Gasteiger partial charge >= 0.3 is 12.4 Å². The molecule has 4 heterocycles. The summed E-state index contributed by atoms with van der Waals surface area (Å²) in [7, 11) is 0. The van der Waals surface area contributed by atoms with Gasteiger partial charge in [0, 0.05) is 38.2 Å². The van der Waals surface area contributed by atoms with E-state index in [9.17, 15) is 13.2 Å². The maximum absolute atomic E-state index is 15.4. The molecule has 0 atom stereocenters. The molecule has 0 aliphatic carbocycles. The number of alkyl halides is 6. The lowest BCUT2D eigenvalue weighted by Crippen LogP contribution is -2.11. The molecule has 0 saturated carbocycles. The smallest absolute Gasteiger partial charge is 0.309 e. The standard InChI is InChI=1S/C48H32F6N8/c1-25-55-26(2)58-45(57-25)30-16-18-40-36(21-30)34-12-5-7-14-38(34)61(40)42-23-33(48(52,53)54)24-43(44(42)29-10-9-11-32(20-29)47(49,50)51)62-39-15-8-6-13-35(39)37-22-31(17-19-41(37)62)46-59-27(3)56-28(4)60-46/h5-24H,1-4H3. The molecular weight excluding hydrogens is 803 g/mol. The number of benzene rings is 6. The second-order valence-electron chi connectivity index (χ2n) is 15.1. The molecule has 0 fully saturated rings. The van der Waals surface area contributed by atoms with E-state index in [4.69, 9.17) is 0 Å². The maximum Gasteiger partial charge on any atom is 0.416 e. The van der Waals surface area contributed by atoms with Crippen molar-refractivity contribution in [1.29, 1.82) is 0 Å². The summed E-state index contributed by atoms with van der Waals surface area (Å²) < 4.78 is 93.4. The van der Waals surface area contributed by atoms with Gasteiger partial charge in [-0.3, -0.25) is 0 Å². The number of rotatable bonds is 5. The van der Waals surface area contributed by atoms with Gasteiger partial charge in [-0.25, -0.2) is 29.9 Å². The predicted molar refractivity (Wildman–Crippen MR) is 227 cm³/mol. The second kappa shape index (κ2) is 14.0. The molecule has 10 rings (SSSR count). The first kappa shape index (κ1) is 38.7. The monoisotopic (exact) mass is 834 g/mol. The Labute approximate surface area is 349 Å². The zero-order chi connectivity index (χ0) is 43.2. The van der Waals surface area contributed by atoms with E-state index in [0.29, 0.717) is 89.7 Å². The highest BCUT2D eigenvalue weighted by atomic mass is 19.4. The highest BCUT2D eigenvalue weighted by Gasteiger charge is 2.36. The van der Waals surface area contributed by atoms with Crippen LogP contribution in [0, 0.1) is 27.7 Å². The van der Waals surface area contributed by atoms with Crippen molar-refractivity contribution in [1.82, 2.24) is 39.0 Å². The second-order valence-corrected chi connectivity index (χ2v) is 15.1. The Morgan fingerprint density at radius 1 is 0.371 bits per heavy atom. The van der Waals surface area contributed by atoms with Crippen molar-refractivity contribution in [3.8, 4) is 45.3 Å². The SMILES string of the molecule is Cc1nc(C)nc(-c2ccc3c(c2)c2ccccc2n3-c2cc(C(F)(F)F)cc(-n3c4ccccc4c4cc(-c5nc(C)nc(C)n5)ccc43)c2-c2cccc(C(F)(F)F)c2)n1. The van der Waals surface area contributed by atoms with Crippen LogP contribution in [-0.2, 0) is 12.4 Å². The zero-order valence-electron chi connectivity index (χ0n) is 33.4. The highest BCUT2D eigenvalue weighted by molar-refractivity contribution is 6.13. The third-order valence-electron chi connectivity index (χ3n) is 11.0. The van der Waals surface area contributed by atoms with Crippen molar-refractivity contribution >= 4 is 43.6 Å². The van der Waals surface area contributed by atoms with Crippen molar-refractivity contribution in [3.05, 3.63) is 156 Å². The summed E-state index contributed by atoms with van der Waals surface area (Å²) in [5.41, 5.74) is 1.76. The van der Waals surface area contributed by atoms with Gasteiger partial charge < -0.3 is 9.13 Å². The number of para-hydroxylation sites is 2. The first-order valence-corrected chi connectivity index (χ1v) is 19.5. The molecule has 4 aromatic heterocycles. The molecule has 0 saturated heterocycles. The number of aryl methyl sites for hydroxylation is 4. The highest BCUT2D eigenvalue weighted by Crippen LogP contribution is 2.46. The molecule has 10 aromatic rings. The summed E-state index contributed by atoms with van der Waals surface area (Å²) in [4.78, 5) is 26.7. The van der Waals surface area contributed by atoms with Crippen molar-refractivity contribution in [2.75, 3.05) is 0 Å². The van der Waals surface area contributed by atoms with Crippen molar-refractivity contribution in [2.24, 2.45) is 0 Å². The van der Waals surface area contributed by atoms with Crippen LogP contribution in [0.4, 0.5) is 26.3 Å². The zero-order valence-corrected chi connectivity index (χ0v) is 33.4. The largest absolute Gasteiger partial charge is 0.416 e. The number of aromatic nitrogens is 8. The predicted octanol–water partition coefficient (Wildman–Crippen LogP) is 12.5. The molecule has 0 amide bonds. The third kappa shape index (κ3) is 6.49. The van der Waals surface area contributed by atoms with E-state index in [1.165, 1.54) is 12.1 Å². The molecule has 0 aliphatic rings. The lowest BCUT2D eigenvalue weighted by atomic mass is 9.96. The van der Waals surface area contributed by atoms with Gasteiger partial charge in [0.1, 0.15) is 23.3 Å². The maximum atomic E-state index is 15.4. The van der Waals surface area contributed by atoms with E-state index in [1.807, 2.05) is 36.4 Å². The topological polar surface area (TPSA) is 87.2 Å². The Kier molecular flexibility index (Phi) is 8.77. The molecule has 306 valence electrons. The average Bonchev–Trinajstić information content (AvgIpc) is 3.74. The first-order valence-electron chi connectivity index (χ1n) is 19.5. The lowest BCUT2D eigenvalue weighted by molar-refractivity contribution is -0.138. The molecule has 0 bridgehead atoms. The molecule has 6 aromatic carbocycles. The minimum Gasteiger partial charge on any atom is -0.309 e. The number of hydrogen-bond acceptors (Lipinski definition) is 6. The van der Waals surface area contributed by atoms with E-state index in [1.54, 1.807) is 85.4 Å². The molecule has 8 nitrogen and oxygen atoms in total. The van der Waals surface area contributed by atoms with Crippen LogP contribution in [0.25, 0.3) is 88.9 Å².